The molecule has 1 aromatic heterocycles. The van der Waals surface area contributed by atoms with E-state index in [1.54, 1.807) is 4.90 Å². The number of aryl methyl sites for hydroxylation is 1. The molecule has 1 amide bonds. The number of hydrogen-bond donors (Lipinski definition) is 0. The van der Waals surface area contributed by atoms with Crippen LogP contribution in [0.3, 0.4) is 0 Å². The van der Waals surface area contributed by atoms with Gasteiger partial charge in [0.1, 0.15) is 6.54 Å². The highest BCUT2D eigenvalue weighted by molar-refractivity contribution is 7.89. The van der Waals surface area contributed by atoms with E-state index in [4.69, 9.17) is 0 Å². The van der Waals surface area contributed by atoms with Gasteiger partial charge in [0.05, 0.1) is 4.90 Å². The van der Waals surface area contributed by atoms with Gasteiger partial charge in [-0.15, -0.1) is 0 Å². The van der Waals surface area contributed by atoms with E-state index in [0.717, 1.165) is 49.8 Å². The van der Waals surface area contributed by atoms with E-state index in [-0.39, 0.29) is 22.9 Å². The highest BCUT2D eigenvalue weighted by Gasteiger charge is 2.27. The van der Waals surface area contributed by atoms with Crippen molar-refractivity contribution < 1.29 is 13.2 Å². The molecule has 160 valence electrons. The van der Waals surface area contributed by atoms with Gasteiger partial charge < -0.3 is 9.47 Å². The molecule has 0 bridgehead atoms. The lowest BCUT2D eigenvalue weighted by molar-refractivity contribution is -0.119. The number of sulfonamides is 1. The summed E-state index contributed by atoms with van der Waals surface area (Å²) in [5, 5.41) is 0. The molecule has 0 spiro atoms. The first-order valence-electron chi connectivity index (χ1n) is 10.6. The van der Waals surface area contributed by atoms with Gasteiger partial charge in [-0.1, -0.05) is 31.0 Å². The Kier molecular flexibility index (Phi) is 6.06. The highest BCUT2D eigenvalue weighted by Crippen LogP contribution is 2.27. The van der Waals surface area contributed by atoms with Gasteiger partial charge in [0.2, 0.25) is 15.9 Å². The number of anilines is 1. The Morgan fingerprint density at radius 1 is 0.900 bits per heavy atom. The fourth-order valence-electron chi connectivity index (χ4n) is 4.24. The van der Waals surface area contributed by atoms with Crippen molar-refractivity contribution in [2.24, 2.45) is 0 Å². The maximum absolute atomic E-state index is 13.1. The first-order valence-corrected chi connectivity index (χ1v) is 12.0. The zero-order chi connectivity index (χ0) is 21.1. The third-order valence-electron chi connectivity index (χ3n) is 5.88. The van der Waals surface area contributed by atoms with Gasteiger partial charge >= 0.3 is 0 Å². The van der Waals surface area contributed by atoms with Crippen LogP contribution in [0.25, 0.3) is 0 Å². The molecule has 2 aliphatic rings. The normalized spacial score (nSPS) is 17.9. The summed E-state index contributed by atoms with van der Waals surface area (Å²) in [5.41, 5.74) is 1.60. The first-order chi connectivity index (χ1) is 14.5. The molecule has 1 aromatic carbocycles. The summed E-state index contributed by atoms with van der Waals surface area (Å²) < 4.78 is 28.8. The van der Waals surface area contributed by atoms with Crippen LogP contribution in [-0.4, -0.2) is 42.8 Å². The summed E-state index contributed by atoms with van der Waals surface area (Å²) in [6, 6.07) is 10.4. The summed E-state index contributed by atoms with van der Waals surface area (Å²) >= 11 is 0. The summed E-state index contributed by atoms with van der Waals surface area (Å²) in [5.74, 6) is -0.214. The second kappa shape index (κ2) is 8.73. The molecule has 0 N–H and O–H groups in total. The quantitative estimate of drug-likeness (QED) is 0.748. The average molecular weight is 430 g/mol. The van der Waals surface area contributed by atoms with Gasteiger partial charge in [0, 0.05) is 37.6 Å². The van der Waals surface area contributed by atoms with Crippen molar-refractivity contribution >= 4 is 21.6 Å². The Morgan fingerprint density at radius 3 is 2.40 bits per heavy atom. The summed E-state index contributed by atoms with van der Waals surface area (Å²) in [7, 11) is -3.69. The number of hydrogen-bond acceptors (Lipinski definition) is 4. The number of benzene rings is 1. The van der Waals surface area contributed by atoms with Crippen LogP contribution in [0.1, 0.15) is 37.7 Å². The number of amides is 1. The lowest BCUT2D eigenvalue weighted by Gasteiger charge is -2.29. The largest absolute Gasteiger partial charge is 0.311 e. The van der Waals surface area contributed by atoms with Crippen LogP contribution in [-0.2, 0) is 27.8 Å². The van der Waals surface area contributed by atoms with Crippen molar-refractivity contribution in [1.82, 2.24) is 8.87 Å². The Balaban J connectivity index is 1.59. The molecular formula is C22H27N3O4S. The van der Waals surface area contributed by atoms with Gasteiger partial charge in [-0.3, -0.25) is 9.59 Å². The Bertz CT molecular complexity index is 1090. The number of fused-ring (bicyclic) bond motifs is 1. The lowest BCUT2D eigenvalue weighted by Crippen LogP contribution is -2.39. The van der Waals surface area contributed by atoms with Crippen LogP contribution in [0, 0.1) is 0 Å². The number of nitrogens with zero attached hydrogens (tertiary/aromatic N) is 3. The Labute approximate surface area is 177 Å². The van der Waals surface area contributed by atoms with Crippen molar-refractivity contribution in [2.45, 2.75) is 50.0 Å². The minimum absolute atomic E-state index is 0.0656. The van der Waals surface area contributed by atoms with Gasteiger partial charge in [-0.25, -0.2) is 8.42 Å². The Morgan fingerprint density at radius 2 is 1.63 bits per heavy atom. The molecule has 30 heavy (non-hydrogen) atoms. The topological polar surface area (TPSA) is 79.7 Å². The lowest BCUT2D eigenvalue weighted by atomic mass is 10.0. The molecule has 8 heteroatoms. The minimum atomic E-state index is -3.69. The standard InChI is InChI=1S/C22H27N3O4S/c26-21-12-11-19(30(28,29)24-13-5-1-2-6-14-24)16-23(21)17-22(27)25-15-7-9-18-8-3-4-10-20(18)25/h3-4,8,10-12,16H,1-2,5-7,9,13-15,17H2. The molecule has 0 radical (unpaired) electrons. The van der Waals surface area contributed by atoms with E-state index in [9.17, 15) is 18.0 Å². The summed E-state index contributed by atoms with van der Waals surface area (Å²) in [6.45, 7) is 1.39. The first kappa shape index (κ1) is 20.8. The van der Waals surface area contributed by atoms with E-state index < -0.39 is 10.0 Å². The van der Waals surface area contributed by atoms with Crippen LogP contribution in [0.15, 0.2) is 52.3 Å². The molecule has 7 nitrogen and oxygen atoms in total. The maximum atomic E-state index is 13.1. The van der Waals surface area contributed by atoms with E-state index in [2.05, 4.69) is 0 Å². The molecule has 0 aliphatic carbocycles. The van der Waals surface area contributed by atoms with Crippen molar-refractivity contribution in [1.29, 1.82) is 0 Å². The number of rotatable bonds is 4. The van der Waals surface area contributed by atoms with Crippen LogP contribution in [0.5, 0.6) is 0 Å². The smallest absolute Gasteiger partial charge is 0.251 e. The number of carbonyl (C=O) groups is 1. The minimum Gasteiger partial charge on any atom is -0.311 e. The monoisotopic (exact) mass is 429 g/mol. The molecule has 2 aliphatic heterocycles. The molecule has 1 saturated heterocycles. The van der Waals surface area contributed by atoms with E-state index in [1.807, 2.05) is 24.3 Å². The number of para-hydroxylation sites is 1. The molecule has 0 unspecified atom stereocenters. The second-order valence-corrected chi connectivity index (χ2v) is 9.86. The molecule has 4 rings (SSSR count). The zero-order valence-electron chi connectivity index (χ0n) is 17.0. The predicted octanol–water partition coefficient (Wildman–Crippen LogP) is 2.39. The fraction of sp³-hybridized carbons (Fsp3) is 0.455. The number of carbonyl (C=O) groups excluding carboxylic acids is 1. The van der Waals surface area contributed by atoms with Crippen LogP contribution >= 0.6 is 0 Å². The van der Waals surface area contributed by atoms with Gasteiger partial charge in [-0.2, -0.15) is 4.31 Å². The van der Waals surface area contributed by atoms with Crippen molar-refractivity contribution in [3.05, 3.63) is 58.5 Å². The molecular weight excluding hydrogens is 402 g/mol. The van der Waals surface area contributed by atoms with Gasteiger partial charge in [0.15, 0.2) is 0 Å². The summed E-state index contributed by atoms with van der Waals surface area (Å²) in [6.07, 6.45) is 6.83. The SMILES string of the molecule is O=C(Cn1cc(S(=O)(=O)N2CCCCCC2)ccc1=O)N1CCCc2ccccc21. The Hall–Kier alpha value is -2.45. The van der Waals surface area contributed by atoms with Gasteiger partial charge in [0.25, 0.3) is 5.56 Å². The van der Waals surface area contributed by atoms with E-state index in [0.29, 0.717) is 19.6 Å². The van der Waals surface area contributed by atoms with Crippen LogP contribution in [0.4, 0.5) is 5.69 Å². The average Bonchev–Trinajstić information content (AvgIpc) is 3.05. The van der Waals surface area contributed by atoms with Crippen molar-refractivity contribution in [3.63, 3.8) is 0 Å². The third-order valence-corrected chi connectivity index (χ3v) is 7.76. The highest BCUT2D eigenvalue weighted by atomic mass is 32.2. The predicted molar refractivity (Wildman–Crippen MR) is 115 cm³/mol. The molecule has 0 saturated carbocycles. The maximum Gasteiger partial charge on any atom is 0.251 e. The fourth-order valence-corrected chi connectivity index (χ4v) is 5.78. The van der Waals surface area contributed by atoms with Crippen LogP contribution in [0.2, 0.25) is 0 Å². The number of pyridine rings is 1. The number of aromatic nitrogens is 1. The molecule has 3 heterocycles. The zero-order valence-corrected chi connectivity index (χ0v) is 17.8. The summed E-state index contributed by atoms with van der Waals surface area (Å²) in [4.78, 5) is 27.1. The van der Waals surface area contributed by atoms with Crippen molar-refractivity contribution in [3.8, 4) is 0 Å². The third kappa shape index (κ3) is 4.20. The second-order valence-electron chi connectivity index (χ2n) is 7.93. The van der Waals surface area contributed by atoms with E-state index in [1.165, 1.54) is 27.2 Å². The van der Waals surface area contributed by atoms with Crippen LogP contribution < -0.4 is 10.5 Å². The molecule has 1 fully saturated rings. The van der Waals surface area contributed by atoms with E-state index >= 15 is 0 Å². The molecule has 0 atom stereocenters. The molecule has 2 aromatic rings. The van der Waals surface area contributed by atoms with Crippen molar-refractivity contribution in [2.75, 3.05) is 24.5 Å². The van der Waals surface area contributed by atoms with Gasteiger partial charge in [-0.05, 0) is 43.4 Å².